The molecule has 1 unspecified atom stereocenters. The Hall–Kier alpha value is -3.32. The number of methoxy groups -OCH3 is 1. The Morgan fingerprint density at radius 2 is 2.19 bits per heavy atom. The fourth-order valence-corrected chi connectivity index (χ4v) is 3.73. The third kappa shape index (κ3) is 3.13. The van der Waals surface area contributed by atoms with Gasteiger partial charge >= 0.3 is 0 Å². The molecular weight excluding hydrogens is 358 g/mol. The highest BCUT2D eigenvalue weighted by Crippen LogP contribution is 2.32. The fourth-order valence-electron chi connectivity index (χ4n) is 3.07. The van der Waals surface area contributed by atoms with Gasteiger partial charge in [0.25, 0.3) is 0 Å². The molecule has 1 aromatic carbocycles. The number of aromatic nitrogens is 1. The van der Waals surface area contributed by atoms with Crippen LogP contribution in [-0.4, -0.2) is 28.9 Å². The standard InChI is InChI=1S/C20H19N5OS/c1-26-15-5-2-13(3-6-15)19(22)16(10-21)14-4-7-18-24-11-17(25(18)12-14)20-23-8-9-27-20/h2-12,18,22,24H,21H2,1H3/b16-10-,22-19?. The number of hydrogen-bond donors (Lipinski definition) is 3. The maximum Gasteiger partial charge on any atom is 0.141 e. The van der Waals surface area contributed by atoms with E-state index in [-0.39, 0.29) is 6.17 Å². The smallest absolute Gasteiger partial charge is 0.141 e. The van der Waals surface area contributed by atoms with Crippen LogP contribution in [-0.2, 0) is 0 Å². The van der Waals surface area contributed by atoms with Gasteiger partial charge in [-0.2, -0.15) is 0 Å². The molecule has 0 bridgehead atoms. The number of ether oxygens (including phenoxy) is 1. The van der Waals surface area contributed by atoms with Crippen LogP contribution in [0.1, 0.15) is 10.6 Å². The van der Waals surface area contributed by atoms with E-state index in [1.165, 1.54) is 6.20 Å². The molecule has 1 atom stereocenters. The maximum atomic E-state index is 8.61. The SMILES string of the molecule is COc1ccc(C(=N)/C(=C\N)C2=CN3C(c4nccs4)=CNC3C=C2)cc1. The van der Waals surface area contributed by atoms with Gasteiger partial charge in [-0.05, 0) is 30.3 Å². The van der Waals surface area contributed by atoms with Crippen molar-refractivity contribution >= 4 is 22.7 Å². The first-order valence-electron chi connectivity index (χ1n) is 8.41. The maximum absolute atomic E-state index is 8.61. The summed E-state index contributed by atoms with van der Waals surface area (Å²) in [7, 11) is 1.62. The van der Waals surface area contributed by atoms with E-state index in [9.17, 15) is 0 Å². The Morgan fingerprint density at radius 1 is 1.37 bits per heavy atom. The molecule has 0 radical (unpaired) electrons. The minimum Gasteiger partial charge on any atom is -0.497 e. The molecule has 0 saturated carbocycles. The summed E-state index contributed by atoms with van der Waals surface area (Å²) in [5, 5.41) is 14.8. The Kier molecular flexibility index (Phi) is 4.52. The van der Waals surface area contributed by atoms with E-state index in [1.807, 2.05) is 48.1 Å². The third-order valence-corrected chi connectivity index (χ3v) is 5.28. The van der Waals surface area contributed by atoms with Crippen molar-refractivity contribution in [1.29, 1.82) is 5.41 Å². The second kappa shape index (κ2) is 7.13. The predicted octanol–water partition coefficient (Wildman–Crippen LogP) is 3.05. The summed E-state index contributed by atoms with van der Waals surface area (Å²) in [5.74, 6) is 0.755. The lowest BCUT2D eigenvalue weighted by molar-refractivity contribution is 0.415. The van der Waals surface area contributed by atoms with Gasteiger partial charge in [-0.25, -0.2) is 4.98 Å². The van der Waals surface area contributed by atoms with E-state index in [0.29, 0.717) is 11.3 Å². The fraction of sp³-hybridized carbons (Fsp3) is 0.100. The zero-order valence-corrected chi connectivity index (χ0v) is 15.5. The van der Waals surface area contributed by atoms with Gasteiger partial charge in [0.05, 0.1) is 18.5 Å². The van der Waals surface area contributed by atoms with Gasteiger partial charge in [-0.15, -0.1) is 11.3 Å². The van der Waals surface area contributed by atoms with Crippen LogP contribution in [0.2, 0.25) is 0 Å². The minimum absolute atomic E-state index is 0.0434. The van der Waals surface area contributed by atoms with Crippen LogP contribution in [0.15, 0.2) is 77.7 Å². The average molecular weight is 377 g/mol. The van der Waals surface area contributed by atoms with E-state index in [4.69, 9.17) is 15.9 Å². The van der Waals surface area contributed by atoms with Crippen LogP contribution in [0.25, 0.3) is 5.70 Å². The number of nitrogens with two attached hydrogens (primary N) is 1. The van der Waals surface area contributed by atoms with E-state index >= 15 is 0 Å². The number of fused-ring (bicyclic) bond motifs is 1. The van der Waals surface area contributed by atoms with Crippen LogP contribution < -0.4 is 15.8 Å². The number of rotatable bonds is 5. The lowest BCUT2D eigenvalue weighted by Crippen LogP contribution is -2.33. The molecule has 0 aliphatic carbocycles. The minimum atomic E-state index is 0.0434. The monoisotopic (exact) mass is 377 g/mol. The summed E-state index contributed by atoms with van der Waals surface area (Å²) in [4.78, 5) is 6.51. The van der Waals surface area contributed by atoms with Gasteiger partial charge < -0.3 is 20.7 Å². The van der Waals surface area contributed by atoms with Gasteiger partial charge in [-0.1, -0.05) is 6.08 Å². The second-order valence-electron chi connectivity index (χ2n) is 6.01. The topological polar surface area (TPSA) is 87.3 Å². The van der Waals surface area contributed by atoms with Crippen molar-refractivity contribution in [2.24, 2.45) is 5.73 Å². The highest BCUT2D eigenvalue weighted by molar-refractivity contribution is 7.10. The molecule has 4 rings (SSSR count). The first kappa shape index (κ1) is 17.1. The summed E-state index contributed by atoms with van der Waals surface area (Å²) in [6.07, 6.45) is 11.3. The number of thiazole rings is 1. The first-order valence-corrected chi connectivity index (χ1v) is 9.29. The van der Waals surface area contributed by atoms with Crippen molar-refractivity contribution in [2.75, 3.05) is 7.11 Å². The average Bonchev–Trinajstić information content (AvgIpc) is 3.37. The van der Waals surface area contributed by atoms with E-state index in [0.717, 1.165) is 27.6 Å². The Labute approximate surface area is 161 Å². The van der Waals surface area contributed by atoms with Crippen LogP contribution in [0.4, 0.5) is 0 Å². The van der Waals surface area contributed by atoms with Crippen LogP contribution in [0.3, 0.4) is 0 Å². The molecule has 2 aliphatic heterocycles. The van der Waals surface area contributed by atoms with Crippen molar-refractivity contribution in [2.45, 2.75) is 6.17 Å². The van der Waals surface area contributed by atoms with Crippen LogP contribution in [0, 0.1) is 5.41 Å². The molecule has 136 valence electrons. The van der Waals surface area contributed by atoms with Crippen molar-refractivity contribution < 1.29 is 4.74 Å². The highest BCUT2D eigenvalue weighted by atomic mass is 32.1. The Morgan fingerprint density at radius 3 is 2.85 bits per heavy atom. The molecule has 2 aromatic rings. The largest absolute Gasteiger partial charge is 0.497 e. The quantitative estimate of drug-likeness (QED) is 0.697. The summed E-state index contributed by atoms with van der Waals surface area (Å²) in [5.41, 5.74) is 9.59. The molecule has 1 aromatic heterocycles. The summed E-state index contributed by atoms with van der Waals surface area (Å²) in [6.45, 7) is 0. The number of nitrogens with zero attached hydrogens (tertiary/aromatic N) is 2. The van der Waals surface area contributed by atoms with Crippen LogP contribution in [0.5, 0.6) is 5.75 Å². The number of hydrogen-bond acceptors (Lipinski definition) is 7. The molecule has 7 heteroatoms. The van der Waals surface area contributed by atoms with Crippen LogP contribution >= 0.6 is 11.3 Å². The van der Waals surface area contributed by atoms with Gasteiger partial charge in [0.1, 0.15) is 16.9 Å². The molecule has 0 saturated heterocycles. The number of nitrogens with one attached hydrogen (secondary N) is 2. The van der Waals surface area contributed by atoms with E-state index < -0.39 is 0 Å². The lowest BCUT2D eigenvalue weighted by Gasteiger charge is -2.27. The summed E-state index contributed by atoms with van der Waals surface area (Å²) >= 11 is 1.59. The summed E-state index contributed by atoms with van der Waals surface area (Å²) in [6, 6.07) is 7.40. The predicted molar refractivity (Wildman–Crippen MR) is 108 cm³/mol. The first-order chi connectivity index (χ1) is 13.2. The molecule has 6 nitrogen and oxygen atoms in total. The molecular formula is C20H19N5OS. The molecule has 0 fully saturated rings. The Balaban J connectivity index is 1.62. The van der Waals surface area contributed by atoms with Crippen molar-refractivity contribution in [1.82, 2.24) is 15.2 Å². The van der Waals surface area contributed by atoms with Crippen molar-refractivity contribution in [3.8, 4) is 5.75 Å². The van der Waals surface area contributed by atoms with Crippen molar-refractivity contribution in [3.05, 3.63) is 88.3 Å². The number of benzene rings is 1. The normalized spacial score (nSPS) is 18.5. The molecule has 27 heavy (non-hydrogen) atoms. The lowest BCUT2D eigenvalue weighted by atomic mass is 9.95. The summed E-state index contributed by atoms with van der Waals surface area (Å²) < 4.78 is 5.19. The molecule has 0 spiro atoms. The van der Waals surface area contributed by atoms with E-state index in [1.54, 1.807) is 24.6 Å². The van der Waals surface area contributed by atoms with Gasteiger partial charge in [-0.3, -0.25) is 5.41 Å². The zero-order chi connectivity index (χ0) is 18.8. The molecule has 3 heterocycles. The molecule has 2 aliphatic rings. The molecule has 0 amide bonds. The second-order valence-corrected chi connectivity index (χ2v) is 6.91. The highest BCUT2D eigenvalue weighted by Gasteiger charge is 2.28. The van der Waals surface area contributed by atoms with Gasteiger partial charge in [0, 0.05) is 46.9 Å². The van der Waals surface area contributed by atoms with E-state index in [2.05, 4.69) is 21.3 Å². The third-order valence-electron chi connectivity index (χ3n) is 4.48. The Bertz CT molecular complexity index is 970. The van der Waals surface area contributed by atoms with Gasteiger partial charge in [0.2, 0.25) is 0 Å². The molecule has 4 N–H and O–H groups in total. The van der Waals surface area contributed by atoms with Crippen molar-refractivity contribution in [3.63, 3.8) is 0 Å². The number of allylic oxidation sites excluding steroid dienone is 3. The van der Waals surface area contributed by atoms with Gasteiger partial charge in [0.15, 0.2) is 0 Å². The zero-order valence-electron chi connectivity index (χ0n) is 14.7.